The summed E-state index contributed by atoms with van der Waals surface area (Å²) in [6.45, 7) is 0.282. The lowest BCUT2D eigenvalue weighted by Crippen LogP contribution is -2.36. The first-order valence-corrected chi connectivity index (χ1v) is 8.30. The van der Waals surface area contributed by atoms with Gasteiger partial charge in [0, 0.05) is 12.7 Å². The second-order valence-corrected chi connectivity index (χ2v) is 5.93. The van der Waals surface area contributed by atoms with E-state index >= 15 is 0 Å². The number of amides is 2. The molecule has 0 aliphatic carbocycles. The summed E-state index contributed by atoms with van der Waals surface area (Å²) in [5.41, 5.74) is 7.48. The Bertz CT molecular complexity index is 1040. The van der Waals surface area contributed by atoms with E-state index in [1.807, 2.05) is 60.7 Å². The number of hydrogen-bond acceptors (Lipinski definition) is 4. The van der Waals surface area contributed by atoms with E-state index < -0.39 is 6.03 Å². The van der Waals surface area contributed by atoms with E-state index in [2.05, 4.69) is 20.7 Å². The van der Waals surface area contributed by atoms with Crippen LogP contribution in [0.25, 0.3) is 16.4 Å². The van der Waals surface area contributed by atoms with Crippen LogP contribution in [0.4, 0.5) is 10.7 Å². The van der Waals surface area contributed by atoms with Gasteiger partial charge in [-0.1, -0.05) is 42.5 Å². The first-order chi connectivity index (χ1) is 12.7. The second kappa shape index (κ2) is 6.81. The minimum absolute atomic E-state index is 0.239. The zero-order valence-corrected chi connectivity index (χ0v) is 14.0. The summed E-state index contributed by atoms with van der Waals surface area (Å²) in [5.74, 6) is 0.239. The molecule has 4 N–H and O–H groups in total. The van der Waals surface area contributed by atoms with E-state index in [9.17, 15) is 4.79 Å². The molecule has 0 spiro atoms. The molecular formula is C19H18N6O. The van der Waals surface area contributed by atoms with Crippen LogP contribution in [0.2, 0.25) is 0 Å². The van der Waals surface area contributed by atoms with Crippen LogP contribution in [0.5, 0.6) is 0 Å². The van der Waals surface area contributed by atoms with Crippen LogP contribution in [-0.4, -0.2) is 27.2 Å². The van der Waals surface area contributed by atoms with Crippen molar-refractivity contribution in [2.45, 2.75) is 6.04 Å². The van der Waals surface area contributed by atoms with Crippen molar-refractivity contribution >= 4 is 28.4 Å². The number of carbonyl (C=O) groups excluding carboxylic acids is 1. The van der Waals surface area contributed by atoms with Crippen LogP contribution in [0.1, 0.15) is 11.6 Å². The van der Waals surface area contributed by atoms with Crippen molar-refractivity contribution in [3.8, 4) is 0 Å². The molecule has 0 bridgehead atoms. The standard InChI is InChI=1S/C19H18N6O/c20-12-16(15-9-8-13-5-1-2-6-14(13)11-15)21-19(26)23-18-22-17-7-3-4-10-25(17)24-18/h1-11,16H,12,20H2,(H2,21,23,24,26). The van der Waals surface area contributed by atoms with Crippen LogP contribution in [0, 0.1) is 0 Å². The van der Waals surface area contributed by atoms with Crippen LogP contribution in [-0.2, 0) is 0 Å². The maximum absolute atomic E-state index is 12.3. The number of aromatic nitrogens is 3. The molecule has 2 aromatic heterocycles. The highest BCUT2D eigenvalue weighted by molar-refractivity contribution is 5.88. The first kappa shape index (κ1) is 16.0. The van der Waals surface area contributed by atoms with Crippen molar-refractivity contribution < 1.29 is 4.79 Å². The summed E-state index contributed by atoms with van der Waals surface area (Å²) in [7, 11) is 0. The van der Waals surface area contributed by atoms with Crippen LogP contribution >= 0.6 is 0 Å². The number of anilines is 1. The van der Waals surface area contributed by atoms with Crippen molar-refractivity contribution in [1.29, 1.82) is 0 Å². The number of fused-ring (bicyclic) bond motifs is 2. The molecule has 4 aromatic rings. The molecule has 0 radical (unpaired) electrons. The van der Waals surface area contributed by atoms with Crippen molar-refractivity contribution in [2.24, 2.45) is 5.73 Å². The first-order valence-electron chi connectivity index (χ1n) is 8.30. The Labute approximate surface area is 149 Å². The fourth-order valence-electron chi connectivity index (χ4n) is 2.88. The summed E-state index contributed by atoms with van der Waals surface area (Å²) in [6, 6.07) is 18.9. The van der Waals surface area contributed by atoms with Gasteiger partial charge in [-0.05, 0) is 34.5 Å². The predicted molar refractivity (Wildman–Crippen MR) is 101 cm³/mol. The minimum Gasteiger partial charge on any atom is -0.330 e. The molecule has 2 amide bonds. The predicted octanol–water partition coefficient (Wildman–Crippen LogP) is 2.70. The lowest BCUT2D eigenvalue weighted by Gasteiger charge is -2.17. The van der Waals surface area contributed by atoms with E-state index in [1.165, 1.54) is 0 Å². The Morgan fingerprint density at radius 2 is 1.88 bits per heavy atom. The molecule has 7 heteroatoms. The molecule has 0 saturated heterocycles. The van der Waals surface area contributed by atoms with Crippen molar-refractivity contribution in [2.75, 3.05) is 11.9 Å². The number of nitrogens with one attached hydrogen (secondary N) is 2. The smallest absolute Gasteiger partial charge is 0.322 e. The fraction of sp³-hybridized carbons (Fsp3) is 0.105. The quantitative estimate of drug-likeness (QED) is 0.529. The van der Waals surface area contributed by atoms with Gasteiger partial charge in [-0.15, -0.1) is 5.10 Å². The van der Waals surface area contributed by atoms with Gasteiger partial charge < -0.3 is 11.1 Å². The van der Waals surface area contributed by atoms with Crippen molar-refractivity contribution in [1.82, 2.24) is 19.9 Å². The maximum atomic E-state index is 12.3. The third-order valence-electron chi connectivity index (χ3n) is 4.18. The van der Waals surface area contributed by atoms with Crippen LogP contribution in [0.3, 0.4) is 0 Å². The van der Waals surface area contributed by atoms with E-state index in [4.69, 9.17) is 5.73 Å². The highest BCUT2D eigenvalue weighted by Gasteiger charge is 2.15. The van der Waals surface area contributed by atoms with Gasteiger partial charge in [0.25, 0.3) is 5.95 Å². The van der Waals surface area contributed by atoms with Gasteiger partial charge in [-0.2, -0.15) is 4.98 Å². The molecule has 2 heterocycles. The van der Waals surface area contributed by atoms with Crippen molar-refractivity contribution in [3.63, 3.8) is 0 Å². The SMILES string of the molecule is NCC(NC(=O)Nc1nc2ccccn2n1)c1ccc2ccccc2c1. The Morgan fingerprint density at radius 1 is 1.08 bits per heavy atom. The highest BCUT2D eigenvalue weighted by Crippen LogP contribution is 2.20. The number of benzene rings is 2. The van der Waals surface area contributed by atoms with Gasteiger partial charge in [0.15, 0.2) is 5.65 Å². The van der Waals surface area contributed by atoms with E-state index in [0.29, 0.717) is 5.65 Å². The lowest BCUT2D eigenvalue weighted by atomic mass is 10.0. The topological polar surface area (TPSA) is 97.3 Å². The molecule has 0 saturated carbocycles. The number of carbonyl (C=O) groups is 1. The molecule has 0 aliphatic rings. The monoisotopic (exact) mass is 346 g/mol. The van der Waals surface area contributed by atoms with Gasteiger partial charge in [0.2, 0.25) is 0 Å². The zero-order chi connectivity index (χ0) is 17.9. The molecule has 7 nitrogen and oxygen atoms in total. The third kappa shape index (κ3) is 3.20. The van der Waals surface area contributed by atoms with Crippen molar-refractivity contribution in [3.05, 3.63) is 72.4 Å². The number of pyridine rings is 1. The Balaban J connectivity index is 1.50. The lowest BCUT2D eigenvalue weighted by molar-refractivity contribution is 0.248. The van der Waals surface area contributed by atoms with Gasteiger partial charge in [0.05, 0.1) is 6.04 Å². The normalized spacial score (nSPS) is 12.2. The number of nitrogens with two attached hydrogens (primary N) is 1. The molecule has 4 rings (SSSR count). The summed E-state index contributed by atoms with van der Waals surface area (Å²) >= 11 is 0. The van der Waals surface area contributed by atoms with E-state index in [1.54, 1.807) is 10.7 Å². The van der Waals surface area contributed by atoms with Crippen LogP contribution < -0.4 is 16.4 Å². The molecular weight excluding hydrogens is 328 g/mol. The van der Waals surface area contributed by atoms with E-state index in [-0.39, 0.29) is 18.5 Å². The second-order valence-electron chi connectivity index (χ2n) is 5.93. The number of hydrogen-bond donors (Lipinski definition) is 3. The maximum Gasteiger partial charge on any atom is 0.322 e. The minimum atomic E-state index is -0.399. The van der Waals surface area contributed by atoms with Gasteiger partial charge in [-0.3, -0.25) is 5.32 Å². The molecule has 26 heavy (non-hydrogen) atoms. The number of rotatable bonds is 4. The summed E-state index contributed by atoms with van der Waals surface area (Å²) in [4.78, 5) is 16.6. The van der Waals surface area contributed by atoms with E-state index in [0.717, 1.165) is 16.3 Å². The van der Waals surface area contributed by atoms with Gasteiger partial charge in [0.1, 0.15) is 0 Å². The zero-order valence-electron chi connectivity index (χ0n) is 14.0. The summed E-state index contributed by atoms with van der Waals surface area (Å²) in [5, 5.41) is 12.0. The average Bonchev–Trinajstić information content (AvgIpc) is 3.07. The fourth-order valence-corrected chi connectivity index (χ4v) is 2.88. The molecule has 1 atom stereocenters. The van der Waals surface area contributed by atoms with Gasteiger partial charge in [-0.25, -0.2) is 9.31 Å². The average molecular weight is 346 g/mol. The molecule has 1 unspecified atom stereocenters. The summed E-state index contributed by atoms with van der Waals surface area (Å²) in [6.07, 6.45) is 1.77. The van der Waals surface area contributed by atoms with Gasteiger partial charge >= 0.3 is 6.03 Å². The molecule has 130 valence electrons. The summed E-state index contributed by atoms with van der Waals surface area (Å²) < 4.78 is 1.60. The largest absolute Gasteiger partial charge is 0.330 e. The Hall–Kier alpha value is -3.45. The Kier molecular flexibility index (Phi) is 4.20. The number of nitrogens with zero attached hydrogens (tertiary/aromatic N) is 3. The molecule has 2 aromatic carbocycles. The highest BCUT2D eigenvalue weighted by atomic mass is 16.2. The molecule has 0 aliphatic heterocycles. The Morgan fingerprint density at radius 3 is 2.69 bits per heavy atom. The third-order valence-corrected chi connectivity index (χ3v) is 4.18. The van der Waals surface area contributed by atoms with Crippen LogP contribution in [0.15, 0.2) is 66.9 Å². The number of urea groups is 1. The molecule has 0 fully saturated rings.